The number of nitrogens with zero attached hydrogens (tertiary/aromatic N) is 1. The average molecular weight is 250 g/mol. The van der Waals surface area contributed by atoms with Crippen molar-refractivity contribution in [3.63, 3.8) is 0 Å². The molecule has 0 spiro atoms. The summed E-state index contributed by atoms with van der Waals surface area (Å²) in [6.45, 7) is 0.00150. The van der Waals surface area contributed by atoms with E-state index in [1.54, 1.807) is 0 Å². The average Bonchev–Trinajstić information content (AvgIpc) is 2.33. The molecule has 0 atom stereocenters. The summed E-state index contributed by atoms with van der Waals surface area (Å²) in [6, 6.07) is 3.50. The zero-order valence-corrected chi connectivity index (χ0v) is 8.75. The smallest absolute Gasteiger partial charge is 0.298 e. The second kappa shape index (κ2) is 4.17. The molecule has 0 radical (unpaired) electrons. The number of pyridine rings is 1. The van der Waals surface area contributed by atoms with Crippen LogP contribution in [0.4, 0.5) is 5.69 Å². The zero-order chi connectivity index (χ0) is 13.3. The lowest BCUT2D eigenvalue weighted by Gasteiger charge is -2.04. The minimum absolute atomic E-state index is 0.00150. The van der Waals surface area contributed by atoms with E-state index >= 15 is 0 Å². The molecule has 0 unspecified atom stereocenters. The Hall–Kier alpha value is -2.90. The SMILES string of the molecule is O=COc1c(O)c2ccc([N+](=O)[O-])cc2[nH]c1=O. The van der Waals surface area contributed by atoms with Crippen LogP contribution >= 0.6 is 0 Å². The number of H-pyrrole nitrogens is 1. The third-order valence-electron chi connectivity index (χ3n) is 2.30. The standard InChI is InChI=1S/C10H6N2O6/c13-4-18-9-8(14)6-2-1-5(12(16)17)3-7(6)11-10(9)15/h1-4H,(H2,11,14,15). The maximum absolute atomic E-state index is 11.5. The molecule has 18 heavy (non-hydrogen) atoms. The van der Waals surface area contributed by atoms with Crippen molar-refractivity contribution in [3.05, 3.63) is 38.7 Å². The quantitative estimate of drug-likeness (QED) is 0.469. The molecule has 8 heteroatoms. The Kier molecular flexibility index (Phi) is 2.68. The number of benzene rings is 1. The molecule has 92 valence electrons. The van der Waals surface area contributed by atoms with Gasteiger partial charge in [0.25, 0.3) is 17.7 Å². The van der Waals surface area contributed by atoms with Crippen molar-refractivity contribution >= 4 is 23.1 Å². The van der Waals surface area contributed by atoms with Crippen molar-refractivity contribution in [2.24, 2.45) is 0 Å². The first-order valence-corrected chi connectivity index (χ1v) is 4.68. The van der Waals surface area contributed by atoms with E-state index in [9.17, 15) is 24.8 Å². The van der Waals surface area contributed by atoms with Gasteiger partial charge in [0.2, 0.25) is 5.75 Å². The van der Waals surface area contributed by atoms with Crippen LogP contribution in [0.15, 0.2) is 23.0 Å². The highest BCUT2D eigenvalue weighted by Gasteiger charge is 2.15. The second-order valence-electron chi connectivity index (χ2n) is 3.33. The lowest BCUT2D eigenvalue weighted by Crippen LogP contribution is -2.10. The molecule has 1 aromatic carbocycles. The Labute approximate surface area is 98.6 Å². The highest BCUT2D eigenvalue weighted by molar-refractivity contribution is 5.88. The third-order valence-corrected chi connectivity index (χ3v) is 2.30. The fourth-order valence-corrected chi connectivity index (χ4v) is 1.52. The molecule has 0 saturated heterocycles. The van der Waals surface area contributed by atoms with E-state index < -0.39 is 22.0 Å². The minimum atomic E-state index is -0.854. The Balaban J connectivity index is 2.77. The highest BCUT2D eigenvalue weighted by atomic mass is 16.6. The Morgan fingerprint density at radius 3 is 2.78 bits per heavy atom. The van der Waals surface area contributed by atoms with E-state index in [2.05, 4.69) is 9.72 Å². The van der Waals surface area contributed by atoms with Gasteiger partial charge in [0.15, 0.2) is 5.75 Å². The molecule has 0 aliphatic carbocycles. The van der Waals surface area contributed by atoms with Crippen LogP contribution in [0.1, 0.15) is 0 Å². The Morgan fingerprint density at radius 2 is 2.17 bits per heavy atom. The number of hydrogen-bond acceptors (Lipinski definition) is 6. The molecule has 2 aromatic rings. The lowest BCUT2D eigenvalue weighted by molar-refractivity contribution is -0.384. The number of ether oxygens (including phenoxy) is 1. The number of rotatable bonds is 3. The number of aromatic amines is 1. The number of carbonyl (C=O) groups excluding carboxylic acids is 1. The molecule has 8 nitrogen and oxygen atoms in total. The van der Waals surface area contributed by atoms with Crippen LogP contribution < -0.4 is 10.3 Å². The Bertz CT molecular complexity index is 705. The van der Waals surface area contributed by atoms with Gasteiger partial charge in [-0.1, -0.05) is 0 Å². The van der Waals surface area contributed by atoms with Crippen LogP contribution in [0.3, 0.4) is 0 Å². The van der Waals surface area contributed by atoms with Crippen LogP contribution in [0.25, 0.3) is 10.9 Å². The molecule has 0 saturated carbocycles. The first-order valence-electron chi connectivity index (χ1n) is 4.68. The summed E-state index contributed by atoms with van der Waals surface area (Å²) in [7, 11) is 0. The number of hydrogen-bond donors (Lipinski definition) is 2. The van der Waals surface area contributed by atoms with Gasteiger partial charge in [-0.25, -0.2) is 0 Å². The zero-order valence-electron chi connectivity index (χ0n) is 8.75. The monoisotopic (exact) mass is 250 g/mol. The number of aromatic nitrogens is 1. The topological polar surface area (TPSA) is 123 Å². The van der Waals surface area contributed by atoms with Crippen LogP contribution in [0, 0.1) is 10.1 Å². The summed E-state index contributed by atoms with van der Waals surface area (Å²) >= 11 is 0. The first kappa shape index (κ1) is 11.6. The molecule has 1 heterocycles. The molecule has 0 aliphatic heterocycles. The number of carbonyl (C=O) groups is 1. The van der Waals surface area contributed by atoms with E-state index in [1.807, 2.05) is 0 Å². The summed E-state index contributed by atoms with van der Waals surface area (Å²) in [5.74, 6) is -1.10. The maximum atomic E-state index is 11.5. The Morgan fingerprint density at radius 1 is 1.44 bits per heavy atom. The van der Waals surface area contributed by atoms with Crippen molar-refractivity contribution < 1.29 is 19.6 Å². The van der Waals surface area contributed by atoms with Gasteiger partial charge >= 0.3 is 0 Å². The van der Waals surface area contributed by atoms with Gasteiger partial charge in [0.1, 0.15) is 0 Å². The van der Waals surface area contributed by atoms with E-state index in [4.69, 9.17) is 0 Å². The fourth-order valence-electron chi connectivity index (χ4n) is 1.52. The van der Waals surface area contributed by atoms with Gasteiger partial charge in [-0.15, -0.1) is 0 Å². The molecular formula is C10H6N2O6. The number of nitro groups is 1. The normalized spacial score (nSPS) is 10.2. The molecule has 0 fully saturated rings. The second-order valence-corrected chi connectivity index (χ2v) is 3.33. The molecule has 0 bridgehead atoms. The molecule has 0 aliphatic rings. The summed E-state index contributed by atoms with van der Waals surface area (Å²) in [5.41, 5.74) is -1.01. The molecule has 0 amide bonds. The van der Waals surface area contributed by atoms with Gasteiger partial charge in [0, 0.05) is 17.5 Å². The van der Waals surface area contributed by atoms with E-state index in [0.717, 1.165) is 12.1 Å². The van der Waals surface area contributed by atoms with E-state index in [-0.39, 0.29) is 23.1 Å². The number of fused-ring (bicyclic) bond motifs is 1. The predicted molar refractivity (Wildman–Crippen MR) is 59.6 cm³/mol. The fraction of sp³-hybridized carbons (Fsp3) is 0. The number of nitro benzene ring substituents is 1. The van der Waals surface area contributed by atoms with Gasteiger partial charge in [-0.05, 0) is 6.07 Å². The van der Waals surface area contributed by atoms with Crippen LogP contribution in [0.2, 0.25) is 0 Å². The summed E-state index contributed by atoms with van der Waals surface area (Å²) in [6.07, 6.45) is 0. The van der Waals surface area contributed by atoms with E-state index in [1.165, 1.54) is 6.07 Å². The van der Waals surface area contributed by atoms with Crippen molar-refractivity contribution in [1.82, 2.24) is 4.98 Å². The largest absolute Gasteiger partial charge is 0.504 e. The molecule has 2 rings (SSSR count). The lowest BCUT2D eigenvalue weighted by atomic mass is 10.2. The summed E-state index contributed by atoms with van der Waals surface area (Å²) in [5, 5.41) is 20.4. The van der Waals surface area contributed by atoms with E-state index in [0.29, 0.717) is 0 Å². The van der Waals surface area contributed by atoms with Crippen molar-refractivity contribution in [2.75, 3.05) is 0 Å². The molecular weight excluding hydrogens is 244 g/mol. The van der Waals surface area contributed by atoms with Crippen molar-refractivity contribution in [2.45, 2.75) is 0 Å². The number of non-ortho nitro benzene ring substituents is 1. The van der Waals surface area contributed by atoms with Crippen LogP contribution in [-0.4, -0.2) is 21.5 Å². The predicted octanol–water partition coefficient (Wildman–Crippen LogP) is 0.677. The number of aromatic hydroxyl groups is 1. The first-order chi connectivity index (χ1) is 8.54. The van der Waals surface area contributed by atoms with Gasteiger partial charge < -0.3 is 14.8 Å². The third kappa shape index (κ3) is 1.75. The highest BCUT2D eigenvalue weighted by Crippen LogP contribution is 2.31. The minimum Gasteiger partial charge on any atom is -0.504 e. The number of nitrogens with one attached hydrogen (secondary N) is 1. The van der Waals surface area contributed by atoms with Crippen molar-refractivity contribution in [1.29, 1.82) is 0 Å². The van der Waals surface area contributed by atoms with Crippen molar-refractivity contribution in [3.8, 4) is 11.5 Å². The summed E-state index contributed by atoms with van der Waals surface area (Å²) in [4.78, 5) is 33.8. The maximum Gasteiger partial charge on any atom is 0.298 e. The van der Waals surface area contributed by atoms with Crippen LogP contribution in [0.5, 0.6) is 11.5 Å². The molecule has 1 aromatic heterocycles. The molecule has 2 N–H and O–H groups in total. The van der Waals surface area contributed by atoms with Gasteiger partial charge in [-0.3, -0.25) is 19.7 Å². The summed E-state index contributed by atoms with van der Waals surface area (Å²) < 4.78 is 4.35. The van der Waals surface area contributed by atoms with Gasteiger partial charge in [0.05, 0.1) is 10.4 Å². The van der Waals surface area contributed by atoms with Crippen LogP contribution in [-0.2, 0) is 4.79 Å². The van der Waals surface area contributed by atoms with Gasteiger partial charge in [-0.2, -0.15) is 0 Å².